The van der Waals surface area contributed by atoms with Crippen LogP contribution in [0.25, 0.3) is 0 Å². The van der Waals surface area contributed by atoms with Crippen LogP contribution in [0.1, 0.15) is 49.4 Å². The lowest BCUT2D eigenvalue weighted by Gasteiger charge is -2.29. The van der Waals surface area contributed by atoms with E-state index in [0.717, 1.165) is 19.3 Å². The maximum atomic E-state index is 13.2. The minimum absolute atomic E-state index is 0.121. The normalized spacial score (nSPS) is 24.2. The van der Waals surface area contributed by atoms with E-state index in [2.05, 4.69) is 10.1 Å². The molecule has 4 rings (SSSR count). The van der Waals surface area contributed by atoms with Gasteiger partial charge in [0.1, 0.15) is 11.2 Å². The summed E-state index contributed by atoms with van der Waals surface area (Å²) in [5, 5.41) is 2.99. The van der Waals surface area contributed by atoms with Gasteiger partial charge >= 0.3 is 11.9 Å². The van der Waals surface area contributed by atoms with E-state index in [1.807, 2.05) is 4.90 Å². The van der Waals surface area contributed by atoms with Crippen molar-refractivity contribution in [1.82, 2.24) is 10.2 Å². The van der Waals surface area contributed by atoms with Gasteiger partial charge in [-0.25, -0.2) is 4.79 Å². The second kappa shape index (κ2) is 9.64. The smallest absolute Gasteiger partial charge is 0.337 e. The van der Waals surface area contributed by atoms with Crippen LogP contribution < -0.4 is 10.1 Å². The summed E-state index contributed by atoms with van der Waals surface area (Å²) < 4.78 is 15.4. The predicted molar refractivity (Wildman–Crippen MR) is 121 cm³/mol. The van der Waals surface area contributed by atoms with Crippen LogP contribution in [0.5, 0.6) is 5.75 Å². The molecule has 0 aromatic heterocycles. The molecule has 3 aliphatic rings. The van der Waals surface area contributed by atoms with Crippen molar-refractivity contribution in [1.29, 1.82) is 0 Å². The number of likely N-dealkylation sites (tertiary alicyclic amines) is 1. The van der Waals surface area contributed by atoms with Crippen molar-refractivity contribution in [3.05, 3.63) is 29.8 Å². The number of amides is 2. The molecule has 1 aromatic carbocycles. The number of benzene rings is 1. The summed E-state index contributed by atoms with van der Waals surface area (Å²) in [5.41, 5.74) is -0.754. The number of esters is 2. The van der Waals surface area contributed by atoms with Crippen LogP contribution in [0.4, 0.5) is 0 Å². The monoisotopic (exact) mass is 472 g/mol. The van der Waals surface area contributed by atoms with Crippen LogP contribution in [0.15, 0.2) is 24.3 Å². The van der Waals surface area contributed by atoms with Gasteiger partial charge in [-0.1, -0.05) is 6.42 Å². The number of methoxy groups -OCH3 is 1. The van der Waals surface area contributed by atoms with Gasteiger partial charge in [0.15, 0.2) is 6.61 Å². The van der Waals surface area contributed by atoms with Crippen molar-refractivity contribution in [3.63, 3.8) is 0 Å². The van der Waals surface area contributed by atoms with Crippen LogP contribution in [0.3, 0.4) is 0 Å². The highest BCUT2D eigenvalue weighted by Gasteiger charge is 2.62. The summed E-state index contributed by atoms with van der Waals surface area (Å²) in [6.45, 7) is 3.51. The second-order valence-electron chi connectivity index (χ2n) is 9.52. The van der Waals surface area contributed by atoms with Gasteiger partial charge in [0.05, 0.1) is 19.3 Å². The zero-order valence-corrected chi connectivity index (χ0v) is 19.8. The molecular weight excluding hydrogens is 440 g/mol. The Morgan fingerprint density at radius 3 is 2.50 bits per heavy atom. The highest BCUT2D eigenvalue weighted by Crippen LogP contribution is 2.53. The maximum absolute atomic E-state index is 13.2. The fourth-order valence-corrected chi connectivity index (χ4v) is 5.34. The van der Waals surface area contributed by atoms with E-state index in [-0.39, 0.29) is 30.4 Å². The lowest BCUT2D eigenvalue weighted by atomic mass is 9.80. The van der Waals surface area contributed by atoms with E-state index in [1.54, 1.807) is 31.2 Å². The first kappa shape index (κ1) is 24.0. The van der Waals surface area contributed by atoms with Gasteiger partial charge in [0.2, 0.25) is 5.91 Å². The maximum Gasteiger partial charge on any atom is 0.337 e. The Bertz CT molecular complexity index is 957. The molecule has 1 aromatic rings. The number of ether oxygens (including phenoxy) is 3. The predicted octanol–water partition coefficient (Wildman–Crippen LogP) is 1.94. The Hall–Kier alpha value is -3.10. The number of carbonyl (C=O) groups excluding carboxylic acids is 4. The summed E-state index contributed by atoms with van der Waals surface area (Å²) in [5.74, 6) is -0.422. The summed E-state index contributed by atoms with van der Waals surface area (Å²) in [4.78, 5) is 51.3. The zero-order chi connectivity index (χ0) is 24.3. The molecule has 9 nitrogen and oxygen atoms in total. The summed E-state index contributed by atoms with van der Waals surface area (Å²) >= 11 is 0. The molecule has 1 heterocycles. The molecule has 0 spiro atoms. The fourth-order valence-electron chi connectivity index (χ4n) is 5.34. The van der Waals surface area contributed by atoms with Gasteiger partial charge in [-0.2, -0.15) is 0 Å². The molecule has 2 aliphatic carbocycles. The van der Waals surface area contributed by atoms with Crippen LogP contribution in [0.2, 0.25) is 0 Å². The van der Waals surface area contributed by atoms with E-state index in [1.165, 1.54) is 7.11 Å². The fraction of sp³-hybridized carbons (Fsp3) is 0.600. The van der Waals surface area contributed by atoms with Crippen molar-refractivity contribution in [2.24, 2.45) is 16.7 Å². The molecule has 2 amide bonds. The number of nitrogens with zero attached hydrogens (tertiary/aromatic N) is 1. The lowest BCUT2D eigenvalue weighted by Crippen LogP contribution is -2.44. The van der Waals surface area contributed by atoms with Crippen LogP contribution in [-0.2, 0) is 23.9 Å². The molecular formula is C25H32N2O7. The average molecular weight is 473 g/mol. The summed E-state index contributed by atoms with van der Waals surface area (Å²) in [6.07, 6.45) is 4.11. The number of hydrogen-bond acceptors (Lipinski definition) is 7. The number of nitrogens with one attached hydrogen (secondary N) is 1. The van der Waals surface area contributed by atoms with E-state index >= 15 is 0 Å². The van der Waals surface area contributed by atoms with Gasteiger partial charge in [-0.3, -0.25) is 14.4 Å². The van der Waals surface area contributed by atoms with E-state index in [9.17, 15) is 19.2 Å². The van der Waals surface area contributed by atoms with Gasteiger partial charge in [0.25, 0.3) is 5.91 Å². The van der Waals surface area contributed by atoms with E-state index in [0.29, 0.717) is 49.7 Å². The zero-order valence-electron chi connectivity index (χ0n) is 19.8. The Labute approximate surface area is 199 Å². The topological polar surface area (TPSA) is 111 Å². The lowest BCUT2D eigenvalue weighted by molar-refractivity contribution is -0.157. The van der Waals surface area contributed by atoms with Gasteiger partial charge in [-0.15, -0.1) is 0 Å². The Morgan fingerprint density at radius 2 is 1.85 bits per heavy atom. The molecule has 3 fully saturated rings. The molecule has 9 heteroatoms. The Balaban J connectivity index is 1.30. The molecule has 1 saturated heterocycles. The van der Waals surface area contributed by atoms with Crippen LogP contribution in [0, 0.1) is 16.7 Å². The van der Waals surface area contributed by atoms with Crippen molar-refractivity contribution < 1.29 is 33.4 Å². The molecule has 0 bridgehead atoms. The first-order chi connectivity index (χ1) is 16.3. The molecule has 1 N–H and O–H groups in total. The number of carbonyl (C=O) groups is 4. The number of fused-ring (bicyclic) bond motifs is 1. The molecule has 0 radical (unpaired) electrons. The molecule has 1 aliphatic heterocycles. The SMILES string of the molecule is CCOC(=O)C1(C(=O)N2C[C@@H]3CCC[C@]3(CNC(=O)COc3ccc(C(=O)OC)cc3)C2)CC1. The highest BCUT2D eigenvalue weighted by molar-refractivity contribution is 6.05. The Morgan fingerprint density at radius 1 is 1.12 bits per heavy atom. The minimum Gasteiger partial charge on any atom is -0.484 e. The van der Waals surface area contributed by atoms with Gasteiger partial charge < -0.3 is 24.4 Å². The van der Waals surface area contributed by atoms with E-state index in [4.69, 9.17) is 9.47 Å². The van der Waals surface area contributed by atoms with Crippen molar-refractivity contribution >= 4 is 23.8 Å². The van der Waals surface area contributed by atoms with Crippen molar-refractivity contribution in [2.45, 2.75) is 39.0 Å². The van der Waals surface area contributed by atoms with E-state index < -0.39 is 17.4 Å². The third-order valence-corrected chi connectivity index (χ3v) is 7.44. The van der Waals surface area contributed by atoms with Crippen molar-refractivity contribution in [2.75, 3.05) is 40.0 Å². The van der Waals surface area contributed by atoms with Crippen LogP contribution >= 0.6 is 0 Å². The quantitative estimate of drug-likeness (QED) is 0.432. The Kier molecular flexibility index (Phi) is 6.81. The number of hydrogen-bond donors (Lipinski definition) is 1. The third-order valence-electron chi connectivity index (χ3n) is 7.44. The molecule has 2 saturated carbocycles. The largest absolute Gasteiger partial charge is 0.484 e. The summed E-state index contributed by atoms with van der Waals surface area (Å²) in [6, 6.07) is 6.38. The first-order valence-electron chi connectivity index (χ1n) is 11.9. The molecule has 2 atom stereocenters. The minimum atomic E-state index is -0.990. The standard InChI is InChI=1S/C25H32N2O7/c1-3-33-23(31)25(11-12-25)22(30)27-13-18-5-4-10-24(18,16-27)15-26-20(28)14-34-19-8-6-17(7-9-19)21(29)32-2/h6-9,18H,3-5,10-16H2,1-2H3,(H,26,28)/t18-,24-/m0/s1. The second-order valence-corrected chi connectivity index (χ2v) is 9.52. The number of rotatable bonds is 9. The molecule has 34 heavy (non-hydrogen) atoms. The third kappa shape index (κ3) is 4.60. The average Bonchev–Trinajstić information content (AvgIpc) is 3.45. The highest BCUT2D eigenvalue weighted by atomic mass is 16.5. The summed E-state index contributed by atoms with van der Waals surface area (Å²) in [7, 11) is 1.31. The van der Waals surface area contributed by atoms with Crippen LogP contribution in [-0.4, -0.2) is 68.6 Å². The first-order valence-corrected chi connectivity index (χ1v) is 11.9. The molecule has 184 valence electrons. The molecule has 0 unspecified atom stereocenters. The van der Waals surface area contributed by atoms with Crippen molar-refractivity contribution in [3.8, 4) is 5.75 Å². The van der Waals surface area contributed by atoms with Gasteiger partial charge in [0, 0.05) is 25.0 Å². The van der Waals surface area contributed by atoms with Gasteiger partial charge in [-0.05, 0) is 62.8 Å².